The number of hydrogen-bond acceptors (Lipinski definition) is 4. The van der Waals surface area contributed by atoms with Crippen LogP contribution < -0.4 is 0 Å². The van der Waals surface area contributed by atoms with Crippen LogP contribution in [0, 0.1) is 0 Å². The zero-order valence-electron chi connectivity index (χ0n) is 11.5. The van der Waals surface area contributed by atoms with E-state index in [0.29, 0.717) is 30.9 Å². The molecule has 0 aliphatic carbocycles. The minimum Gasteiger partial charge on any atom is -0.462 e. The molecule has 0 unspecified atom stereocenters. The Labute approximate surface area is 113 Å². The summed E-state index contributed by atoms with van der Waals surface area (Å²) >= 11 is 0. The van der Waals surface area contributed by atoms with E-state index in [1.165, 1.54) is 6.92 Å². The molecule has 0 amide bonds. The molecule has 0 aliphatic heterocycles. The Morgan fingerprint density at radius 2 is 1.79 bits per heavy atom. The summed E-state index contributed by atoms with van der Waals surface area (Å²) in [7, 11) is 0. The molecule has 1 aromatic rings. The molecule has 0 spiro atoms. The van der Waals surface area contributed by atoms with Crippen molar-refractivity contribution in [2.24, 2.45) is 0 Å². The molecule has 0 radical (unpaired) electrons. The van der Waals surface area contributed by atoms with Crippen LogP contribution in [-0.4, -0.2) is 31.6 Å². The quantitative estimate of drug-likeness (QED) is 0.411. The van der Waals surface area contributed by atoms with E-state index in [9.17, 15) is 9.59 Å². The lowest BCUT2D eigenvalue weighted by molar-refractivity contribution is 0.0484. The zero-order valence-corrected chi connectivity index (χ0v) is 11.5. The molecule has 0 aliphatic rings. The summed E-state index contributed by atoms with van der Waals surface area (Å²) in [6, 6.07) is 6.57. The number of ketones is 1. The first-order valence-corrected chi connectivity index (χ1v) is 6.51. The Bertz CT molecular complexity index is 426. The van der Waals surface area contributed by atoms with Crippen molar-refractivity contribution >= 4 is 11.8 Å². The van der Waals surface area contributed by atoms with E-state index < -0.39 is 0 Å². The third-order valence-electron chi connectivity index (χ3n) is 2.63. The van der Waals surface area contributed by atoms with Crippen molar-refractivity contribution in [3.05, 3.63) is 35.4 Å². The molecule has 0 N–H and O–H groups in total. The summed E-state index contributed by atoms with van der Waals surface area (Å²) in [5.41, 5.74) is 0.934. The molecule has 1 rings (SSSR count). The number of rotatable bonds is 8. The monoisotopic (exact) mass is 264 g/mol. The Kier molecular flexibility index (Phi) is 6.82. The van der Waals surface area contributed by atoms with Crippen molar-refractivity contribution in [2.75, 3.05) is 19.8 Å². The second-order valence-electron chi connectivity index (χ2n) is 4.18. The highest BCUT2D eigenvalue weighted by Gasteiger charge is 2.09. The molecular formula is C15H20O4. The molecule has 4 nitrogen and oxygen atoms in total. The van der Waals surface area contributed by atoms with Crippen LogP contribution in [-0.2, 0) is 9.47 Å². The summed E-state index contributed by atoms with van der Waals surface area (Å²) in [5.74, 6) is -0.453. The van der Waals surface area contributed by atoms with Crippen LogP contribution in [0.15, 0.2) is 24.3 Å². The van der Waals surface area contributed by atoms with E-state index in [1.807, 2.05) is 6.92 Å². The van der Waals surface area contributed by atoms with E-state index in [0.717, 1.165) is 12.8 Å². The van der Waals surface area contributed by atoms with Crippen LogP contribution in [0.25, 0.3) is 0 Å². The molecule has 0 heterocycles. The third kappa shape index (κ3) is 5.66. The summed E-state index contributed by atoms with van der Waals surface area (Å²) in [5, 5.41) is 0. The number of benzene rings is 1. The van der Waals surface area contributed by atoms with E-state index in [1.54, 1.807) is 24.3 Å². The van der Waals surface area contributed by atoms with Crippen molar-refractivity contribution in [1.82, 2.24) is 0 Å². The topological polar surface area (TPSA) is 52.6 Å². The highest BCUT2D eigenvalue weighted by Crippen LogP contribution is 2.08. The molecular weight excluding hydrogens is 244 g/mol. The molecule has 1 aromatic carbocycles. The molecule has 0 aromatic heterocycles. The van der Waals surface area contributed by atoms with Gasteiger partial charge in [-0.25, -0.2) is 4.79 Å². The Balaban J connectivity index is 2.37. The molecule has 0 saturated carbocycles. The molecule has 0 saturated heterocycles. The number of carbonyl (C=O) groups is 2. The van der Waals surface area contributed by atoms with Crippen LogP contribution in [0.2, 0.25) is 0 Å². The second kappa shape index (κ2) is 8.43. The maximum Gasteiger partial charge on any atom is 0.338 e. The standard InChI is InChI=1S/C15H20O4/c1-3-18-9-4-5-10-19-15(17)14-8-6-7-13(11-14)12(2)16/h6-8,11H,3-5,9-10H2,1-2H3. The first-order chi connectivity index (χ1) is 9.15. The van der Waals surface area contributed by atoms with Crippen LogP contribution in [0.4, 0.5) is 0 Å². The second-order valence-corrected chi connectivity index (χ2v) is 4.18. The van der Waals surface area contributed by atoms with Gasteiger partial charge in [0, 0.05) is 18.8 Å². The average Bonchev–Trinajstić information content (AvgIpc) is 2.42. The maximum atomic E-state index is 11.7. The number of Topliss-reactive ketones (excluding diaryl/α,β-unsaturated/α-hetero) is 1. The largest absolute Gasteiger partial charge is 0.462 e. The molecule has 4 heteroatoms. The minimum absolute atomic E-state index is 0.0636. The lowest BCUT2D eigenvalue weighted by atomic mass is 10.1. The predicted molar refractivity (Wildman–Crippen MR) is 72.5 cm³/mol. The fraction of sp³-hybridized carbons (Fsp3) is 0.467. The van der Waals surface area contributed by atoms with Crippen molar-refractivity contribution in [1.29, 1.82) is 0 Å². The Morgan fingerprint density at radius 1 is 1.11 bits per heavy atom. The van der Waals surface area contributed by atoms with Crippen LogP contribution >= 0.6 is 0 Å². The third-order valence-corrected chi connectivity index (χ3v) is 2.63. The van der Waals surface area contributed by atoms with Gasteiger partial charge in [0.05, 0.1) is 12.2 Å². The number of hydrogen-bond donors (Lipinski definition) is 0. The zero-order chi connectivity index (χ0) is 14.1. The number of carbonyl (C=O) groups excluding carboxylic acids is 2. The van der Waals surface area contributed by atoms with Gasteiger partial charge in [0.15, 0.2) is 5.78 Å². The summed E-state index contributed by atoms with van der Waals surface area (Å²) in [4.78, 5) is 23.0. The van der Waals surface area contributed by atoms with Gasteiger partial charge >= 0.3 is 5.97 Å². The lowest BCUT2D eigenvalue weighted by Crippen LogP contribution is -2.08. The first-order valence-electron chi connectivity index (χ1n) is 6.51. The highest BCUT2D eigenvalue weighted by atomic mass is 16.5. The normalized spacial score (nSPS) is 10.2. The van der Waals surface area contributed by atoms with Crippen LogP contribution in [0.3, 0.4) is 0 Å². The van der Waals surface area contributed by atoms with Gasteiger partial charge in [-0.2, -0.15) is 0 Å². The maximum absolute atomic E-state index is 11.7. The number of esters is 1. The molecule has 104 valence electrons. The Hall–Kier alpha value is -1.68. The van der Waals surface area contributed by atoms with Gasteiger partial charge < -0.3 is 9.47 Å². The number of unbranched alkanes of at least 4 members (excludes halogenated alkanes) is 1. The van der Waals surface area contributed by atoms with Gasteiger partial charge in [0.1, 0.15) is 0 Å². The molecule has 0 atom stereocenters. The van der Waals surface area contributed by atoms with E-state index in [2.05, 4.69) is 0 Å². The molecule has 0 bridgehead atoms. The van der Waals surface area contributed by atoms with Gasteiger partial charge in [-0.1, -0.05) is 12.1 Å². The summed E-state index contributed by atoms with van der Waals surface area (Å²) in [6.07, 6.45) is 1.65. The fourth-order valence-corrected chi connectivity index (χ4v) is 1.56. The van der Waals surface area contributed by atoms with Gasteiger partial charge in [-0.05, 0) is 38.8 Å². The van der Waals surface area contributed by atoms with Crippen LogP contribution in [0.1, 0.15) is 47.4 Å². The summed E-state index contributed by atoms with van der Waals surface area (Å²) < 4.78 is 10.3. The van der Waals surface area contributed by atoms with Crippen molar-refractivity contribution in [3.8, 4) is 0 Å². The predicted octanol–water partition coefficient (Wildman–Crippen LogP) is 2.86. The summed E-state index contributed by atoms with van der Waals surface area (Å²) in [6.45, 7) is 5.18. The van der Waals surface area contributed by atoms with Gasteiger partial charge in [-0.3, -0.25) is 4.79 Å². The van der Waals surface area contributed by atoms with Gasteiger partial charge in [0.25, 0.3) is 0 Å². The van der Waals surface area contributed by atoms with Crippen molar-refractivity contribution in [3.63, 3.8) is 0 Å². The minimum atomic E-state index is -0.389. The average molecular weight is 264 g/mol. The Morgan fingerprint density at radius 3 is 2.47 bits per heavy atom. The first kappa shape index (κ1) is 15.4. The SMILES string of the molecule is CCOCCCCOC(=O)c1cccc(C(C)=O)c1. The van der Waals surface area contributed by atoms with Gasteiger partial charge in [-0.15, -0.1) is 0 Å². The van der Waals surface area contributed by atoms with E-state index >= 15 is 0 Å². The van der Waals surface area contributed by atoms with Crippen molar-refractivity contribution < 1.29 is 19.1 Å². The van der Waals surface area contributed by atoms with E-state index in [4.69, 9.17) is 9.47 Å². The fourth-order valence-electron chi connectivity index (χ4n) is 1.56. The van der Waals surface area contributed by atoms with Crippen molar-refractivity contribution in [2.45, 2.75) is 26.7 Å². The highest BCUT2D eigenvalue weighted by molar-refractivity contribution is 5.97. The molecule has 19 heavy (non-hydrogen) atoms. The smallest absolute Gasteiger partial charge is 0.338 e. The lowest BCUT2D eigenvalue weighted by Gasteiger charge is -2.06. The van der Waals surface area contributed by atoms with Gasteiger partial charge in [0.2, 0.25) is 0 Å². The van der Waals surface area contributed by atoms with Crippen LogP contribution in [0.5, 0.6) is 0 Å². The number of ether oxygens (including phenoxy) is 2. The van der Waals surface area contributed by atoms with E-state index in [-0.39, 0.29) is 11.8 Å². The molecule has 0 fully saturated rings.